The molecule has 1 aromatic heterocycles. The Kier molecular flexibility index (Phi) is 14.1. The molecular formula is C29H49N2+. The van der Waals surface area contributed by atoms with E-state index in [1.807, 2.05) is 0 Å². The second-order valence-corrected chi connectivity index (χ2v) is 9.31. The average Bonchev–Trinajstić information content (AvgIpc) is 3.20. The van der Waals surface area contributed by atoms with Crippen LogP contribution in [0.1, 0.15) is 122 Å². The van der Waals surface area contributed by atoms with Gasteiger partial charge in [-0.2, -0.15) is 4.57 Å². The average molecular weight is 426 g/mol. The molecule has 0 aliphatic rings. The van der Waals surface area contributed by atoms with Crippen molar-refractivity contribution < 1.29 is 4.57 Å². The van der Waals surface area contributed by atoms with Crippen LogP contribution in [0.25, 0.3) is 5.69 Å². The van der Waals surface area contributed by atoms with Crippen molar-refractivity contribution in [2.45, 2.75) is 130 Å². The molecule has 31 heavy (non-hydrogen) atoms. The molecule has 174 valence electrons. The van der Waals surface area contributed by atoms with Gasteiger partial charge in [0, 0.05) is 6.42 Å². The largest absolute Gasteiger partial charge is 0.261 e. The van der Waals surface area contributed by atoms with E-state index in [-0.39, 0.29) is 0 Å². The van der Waals surface area contributed by atoms with Crippen molar-refractivity contribution in [1.29, 1.82) is 0 Å². The summed E-state index contributed by atoms with van der Waals surface area (Å²) in [5.74, 6) is 1.48. The molecule has 0 saturated heterocycles. The number of benzene rings is 1. The highest BCUT2D eigenvalue weighted by atomic mass is 15.1. The van der Waals surface area contributed by atoms with Crippen molar-refractivity contribution in [1.82, 2.24) is 4.57 Å². The monoisotopic (exact) mass is 425 g/mol. The highest BCUT2D eigenvalue weighted by Crippen LogP contribution is 2.14. The first-order valence-corrected chi connectivity index (χ1v) is 13.5. The molecule has 0 fully saturated rings. The Balaban J connectivity index is 1.73. The van der Waals surface area contributed by atoms with Crippen LogP contribution < -0.4 is 4.57 Å². The van der Waals surface area contributed by atoms with E-state index in [2.05, 4.69) is 65.7 Å². The fourth-order valence-electron chi connectivity index (χ4n) is 4.58. The van der Waals surface area contributed by atoms with Gasteiger partial charge in [-0.1, -0.05) is 116 Å². The lowest BCUT2D eigenvalue weighted by Gasteiger charge is -2.06. The van der Waals surface area contributed by atoms with Crippen LogP contribution in [0.3, 0.4) is 0 Å². The summed E-state index contributed by atoms with van der Waals surface area (Å²) in [6, 6.07) is 10.9. The lowest BCUT2D eigenvalue weighted by Crippen LogP contribution is -2.37. The molecule has 0 N–H and O–H groups in total. The molecule has 2 nitrogen and oxygen atoms in total. The molecule has 0 atom stereocenters. The topological polar surface area (TPSA) is 8.81 Å². The predicted octanol–water partition coefficient (Wildman–Crippen LogP) is 8.59. The summed E-state index contributed by atoms with van der Waals surface area (Å²) in [6.07, 6.45) is 28.0. The van der Waals surface area contributed by atoms with E-state index in [1.165, 1.54) is 127 Å². The van der Waals surface area contributed by atoms with E-state index in [0.717, 1.165) is 0 Å². The van der Waals surface area contributed by atoms with Crippen molar-refractivity contribution in [3.8, 4) is 5.69 Å². The lowest BCUT2D eigenvalue weighted by molar-refractivity contribution is -0.704. The number of aryl methyl sites for hydroxylation is 1. The Labute approximate surface area is 193 Å². The quantitative estimate of drug-likeness (QED) is 0.157. The van der Waals surface area contributed by atoms with E-state index < -0.39 is 0 Å². The van der Waals surface area contributed by atoms with Gasteiger partial charge in [-0.3, -0.25) is 0 Å². The molecule has 0 bridgehead atoms. The first-order valence-electron chi connectivity index (χ1n) is 13.5. The molecule has 0 radical (unpaired) electrons. The zero-order valence-corrected chi connectivity index (χ0v) is 20.7. The lowest BCUT2D eigenvalue weighted by atomic mass is 10.1. The SMILES string of the molecule is CCCCCCCCCCCCC[n+]1ccn(-c2ccccc2)c1CCCCCCC. The van der Waals surface area contributed by atoms with Crippen LogP contribution in [0.5, 0.6) is 0 Å². The summed E-state index contributed by atoms with van der Waals surface area (Å²) in [4.78, 5) is 0. The van der Waals surface area contributed by atoms with Gasteiger partial charge in [0.05, 0.1) is 6.54 Å². The first kappa shape index (κ1) is 25.7. The second kappa shape index (κ2) is 17.0. The minimum absolute atomic E-state index is 1.17. The molecule has 1 heterocycles. The van der Waals surface area contributed by atoms with Crippen LogP contribution >= 0.6 is 0 Å². The molecule has 2 rings (SSSR count). The smallest absolute Gasteiger partial charge is 0.234 e. The van der Waals surface area contributed by atoms with E-state index >= 15 is 0 Å². The Morgan fingerprint density at radius 2 is 1.13 bits per heavy atom. The number of aromatic nitrogens is 2. The van der Waals surface area contributed by atoms with Gasteiger partial charge in [-0.05, 0) is 31.4 Å². The van der Waals surface area contributed by atoms with Gasteiger partial charge < -0.3 is 0 Å². The summed E-state index contributed by atoms with van der Waals surface area (Å²) < 4.78 is 4.94. The highest BCUT2D eigenvalue weighted by Gasteiger charge is 2.18. The minimum atomic E-state index is 1.17. The summed E-state index contributed by atoms with van der Waals surface area (Å²) in [5, 5.41) is 0. The van der Waals surface area contributed by atoms with E-state index in [4.69, 9.17) is 0 Å². The number of nitrogens with zero attached hydrogens (tertiary/aromatic N) is 2. The maximum absolute atomic E-state index is 2.53. The Morgan fingerprint density at radius 3 is 1.71 bits per heavy atom. The van der Waals surface area contributed by atoms with Gasteiger partial charge in [0.1, 0.15) is 18.1 Å². The molecule has 0 amide bonds. The molecular weight excluding hydrogens is 376 g/mol. The van der Waals surface area contributed by atoms with Crippen molar-refractivity contribution >= 4 is 0 Å². The summed E-state index contributed by atoms with van der Waals surface area (Å²) >= 11 is 0. The molecule has 2 aromatic rings. The van der Waals surface area contributed by atoms with Crippen molar-refractivity contribution in [3.63, 3.8) is 0 Å². The molecule has 1 aromatic carbocycles. The van der Waals surface area contributed by atoms with Crippen LogP contribution in [0.2, 0.25) is 0 Å². The molecule has 0 saturated carbocycles. The van der Waals surface area contributed by atoms with Gasteiger partial charge in [0.25, 0.3) is 5.82 Å². The maximum atomic E-state index is 2.53. The number of imidazole rings is 1. The number of rotatable bonds is 19. The second-order valence-electron chi connectivity index (χ2n) is 9.31. The highest BCUT2D eigenvalue weighted by molar-refractivity contribution is 5.31. The number of unbranched alkanes of at least 4 members (excludes halogenated alkanes) is 14. The van der Waals surface area contributed by atoms with Gasteiger partial charge in [-0.15, -0.1) is 0 Å². The summed E-state index contributed by atoms with van der Waals surface area (Å²) in [5.41, 5.74) is 1.30. The van der Waals surface area contributed by atoms with Crippen molar-refractivity contribution in [2.24, 2.45) is 0 Å². The van der Waals surface area contributed by atoms with E-state index in [9.17, 15) is 0 Å². The third kappa shape index (κ3) is 10.5. The van der Waals surface area contributed by atoms with E-state index in [0.29, 0.717) is 0 Å². The fourth-order valence-corrected chi connectivity index (χ4v) is 4.58. The van der Waals surface area contributed by atoms with Crippen molar-refractivity contribution in [2.75, 3.05) is 0 Å². The third-order valence-corrected chi connectivity index (χ3v) is 6.55. The molecule has 0 unspecified atom stereocenters. The Morgan fingerprint density at radius 1 is 0.613 bits per heavy atom. The summed E-state index contributed by atoms with van der Waals surface area (Å²) in [7, 11) is 0. The fraction of sp³-hybridized carbons (Fsp3) is 0.690. The molecule has 0 aliphatic carbocycles. The zero-order valence-electron chi connectivity index (χ0n) is 20.7. The van der Waals surface area contributed by atoms with Crippen molar-refractivity contribution in [3.05, 3.63) is 48.5 Å². The van der Waals surface area contributed by atoms with Crippen LogP contribution in [0, 0.1) is 0 Å². The number of hydrogen-bond donors (Lipinski definition) is 0. The Hall–Kier alpha value is -1.57. The van der Waals surface area contributed by atoms with Gasteiger partial charge in [0.2, 0.25) is 0 Å². The van der Waals surface area contributed by atoms with Gasteiger partial charge in [-0.25, -0.2) is 4.57 Å². The number of hydrogen-bond acceptors (Lipinski definition) is 0. The third-order valence-electron chi connectivity index (χ3n) is 6.55. The van der Waals surface area contributed by atoms with E-state index in [1.54, 1.807) is 0 Å². The standard InChI is InChI=1S/C29H49N2/c1-3-5-7-9-10-11-12-13-14-16-21-25-30-26-27-31(28-22-18-17-19-23-28)29(30)24-20-15-8-6-4-2/h17-19,22-23,26-27H,3-16,20-21,24-25H2,1-2H3/q+1. The normalized spacial score (nSPS) is 11.3. The predicted molar refractivity (Wildman–Crippen MR) is 135 cm³/mol. The zero-order chi connectivity index (χ0) is 22.0. The maximum Gasteiger partial charge on any atom is 0.261 e. The molecule has 2 heteroatoms. The first-order chi connectivity index (χ1) is 15.4. The summed E-state index contributed by atoms with van der Waals surface area (Å²) in [6.45, 7) is 5.76. The molecule has 0 aliphatic heterocycles. The Bertz CT molecular complexity index is 659. The van der Waals surface area contributed by atoms with Crippen LogP contribution in [0.15, 0.2) is 42.7 Å². The van der Waals surface area contributed by atoms with Crippen LogP contribution in [-0.4, -0.2) is 4.57 Å². The number of para-hydroxylation sites is 1. The van der Waals surface area contributed by atoms with Crippen LogP contribution in [0.4, 0.5) is 0 Å². The van der Waals surface area contributed by atoms with Crippen LogP contribution in [-0.2, 0) is 13.0 Å². The minimum Gasteiger partial charge on any atom is -0.234 e. The molecule has 0 spiro atoms. The van der Waals surface area contributed by atoms with Gasteiger partial charge in [0.15, 0.2) is 0 Å². The van der Waals surface area contributed by atoms with Gasteiger partial charge >= 0.3 is 0 Å².